The third-order valence-corrected chi connectivity index (χ3v) is 3.34. The molecule has 0 aromatic heterocycles. The van der Waals surface area contributed by atoms with Crippen LogP contribution in [0.2, 0.25) is 0 Å². The van der Waals surface area contributed by atoms with E-state index in [1.54, 1.807) is 6.08 Å². The minimum atomic E-state index is -2.20. The Labute approximate surface area is 138 Å². The normalized spacial score (nSPS) is 11.8. The van der Waals surface area contributed by atoms with Crippen LogP contribution in [0.25, 0.3) is 0 Å². The van der Waals surface area contributed by atoms with Crippen molar-refractivity contribution in [3.8, 4) is 0 Å². The Balaban J connectivity index is 2.40. The van der Waals surface area contributed by atoms with E-state index in [1.807, 2.05) is 6.08 Å². The zero-order valence-electron chi connectivity index (χ0n) is 13.4. The average Bonchev–Trinajstić information content (AvgIpc) is 2.58. The van der Waals surface area contributed by atoms with Crippen LogP contribution in [0.15, 0.2) is 17.3 Å². The number of allylic oxidation sites excluding steroid dienone is 2. The van der Waals surface area contributed by atoms with Gasteiger partial charge in [-0.25, -0.2) is 22.0 Å². The van der Waals surface area contributed by atoms with Crippen LogP contribution >= 0.6 is 0 Å². The molecule has 0 unspecified atom stereocenters. The van der Waals surface area contributed by atoms with Gasteiger partial charge in [0, 0.05) is 0 Å². The highest BCUT2D eigenvalue weighted by molar-refractivity contribution is 5.70. The average molecular weight is 349 g/mol. The number of hydrogen-bond acceptors (Lipinski definition) is 2. The van der Waals surface area contributed by atoms with Crippen molar-refractivity contribution in [2.45, 2.75) is 52.1 Å². The van der Waals surface area contributed by atoms with Crippen molar-refractivity contribution in [3.05, 3.63) is 46.8 Å². The van der Waals surface area contributed by atoms with E-state index in [1.165, 1.54) is 25.5 Å². The van der Waals surface area contributed by atoms with Crippen LogP contribution in [0.4, 0.5) is 22.0 Å². The van der Waals surface area contributed by atoms with Gasteiger partial charge in [0.2, 0.25) is 5.82 Å². The highest BCUT2D eigenvalue weighted by Gasteiger charge is 2.25. The zero-order valence-corrected chi connectivity index (χ0v) is 13.4. The predicted octanol–water partition coefficient (Wildman–Crippen LogP) is 5.80. The van der Waals surface area contributed by atoms with E-state index < -0.39 is 41.3 Å². The summed E-state index contributed by atoms with van der Waals surface area (Å²) in [4.78, 5) is 4.57. The standard InChI is InChI=1S/C17H20F5NO/c1-2-3-4-5-6-7-8-9-10-23-24-11-12-13(18)15(20)17(22)16(21)14(12)19/h8-10H,2-7,11H2,1H3/b9-8+,23-10+. The van der Waals surface area contributed by atoms with Gasteiger partial charge < -0.3 is 4.84 Å². The van der Waals surface area contributed by atoms with E-state index in [2.05, 4.69) is 16.9 Å². The first kappa shape index (κ1) is 20.1. The van der Waals surface area contributed by atoms with E-state index in [4.69, 9.17) is 0 Å². The molecule has 134 valence electrons. The van der Waals surface area contributed by atoms with Crippen molar-refractivity contribution in [2.24, 2.45) is 5.16 Å². The summed E-state index contributed by atoms with van der Waals surface area (Å²) in [5.41, 5.74) is -1.05. The van der Waals surface area contributed by atoms with Gasteiger partial charge in [-0.3, -0.25) is 0 Å². The number of benzene rings is 1. The van der Waals surface area contributed by atoms with Crippen molar-refractivity contribution >= 4 is 6.21 Å². The predicted molar refractivity (Wildman–Crippen MR) is 82.0 cm³/mol. The summed E-state index contributed by atoms with van der Waals surface area (Å²) >= 11 is 0. The molecule has 0 aliphatic carbocycles. The number of oxime groups is 1. The van der Waals surface area contributed by atoms with Crippen molar-refractivity contribution in [1.82, 2.24) is 0 Å². The summed E-state index contributed by atoms with van der Waals surface area (Å²) in [5, 5.41) is 3.39. The Hall–Kier alpha value is -1.92. The van der Waals surface area contributed by atoms with Gasteiger partial charge in [-0.15, -0.1) is 0 Å². The quantitative estimate of drug-likeness (QED) is 0.131. The van der Waals surface area contributed by atoms with E-state index in [0.29, 0.717) is 0 Å². The molecular formula is C17H20F5NO. The molecule has 0 N–H and O–H groups in total. The number of rotatable bonds is 10. The first-order valence-corrected chi connectivity index (χ1v) is 7.81. The summed E-state index contributed by atoms with van der Waals surface area (Å²) in [7, 11) is 0. The van der Waals surface area contributed by atoms with Crippen molar-refractivity contribution < 1.29 is 26.8 Å². The van der Waals surface area contributed by atoms with Gasteiger partial charge in [-0.1, -0.05) is 43.8 Å². The van der Waals surface area contributed by atoms with Crippen molar-refractivity contribution in [3.63, 3.8) is 0 Å². The number of nitrogens with zero attached hydrogens (tertiary/aromatic N) is 1. The molecule has 0 fully saturated rings. The lowest BCUT2D eigenvalue weighted by molar-refractivity contribution is 0.124. The van der Waals surface area contributed by atoms with Crippen molar-refractivity contribution in [2.75, 3.05) is 0 Å². The smallest absolute Gasteiger partial charge is 0.200 e. The lowest BCUT2D eigenvalue weighted by Crippen LogP contribution is -2.07. The summed E-state index contributed by atoms with van der Waals surface area (Å²) in [6, 6.07) is 0. The SMILES string of the molecule is CCCCCCC/C=C/C=N/OCc1c(F)c(F)c(F)c(F)c1F. The molecule has 0 bridgehead atoms. The lowest BCUT2D eigenvalue weighted by atomic mass is 10.1. The molecule has 0 saturated carbocycles. The van der Waals surface area contributed by atoms with Crippen LogP contribution in [-0.4, -0.2) is 6.21 Å². The van der Waals surface area contributed by atoms with Gasteiger partial charge in [0.25, 0.3) is 0 Å². The molecule has 7 heteroatoms. The van der Waals surface area contributed by atoms with Gasteiger partial charge in [0.05, 0.1) is 11.8 Å². The molecule has 1 rings (SSSR count). The van der Waals surface area contributed by atoms with E-state index in [0.717, 1.165) is 19.3 Å². The first-order chi connectivity index (χ1) is 11.5. The number of hydrogen-bond donors (Lipinski definition) is 0. The maximum atomic E-state index is 13.3. The molecule has 0 spiro atoms. The topological polar surface area (TPSA) is 21.6 Å². The first-order valence-electron chi connectivity index (χ1n) is 7.81. The summed E-state index contributed by atoms with van der Waals surface area (Å²) in [6.07, 6.45) is 11.4. The molecule has 0 radical (unpaired) electrons. The maximum Gasteiger partial charge on any atom is 0.200 e. The molecule has 0 amide bonds. The van der Waals surface area contributed by atoms with Crippen LogP contribution < -0.4 is 0 Å². The highest BCUT2D eigenvalue weighted by atomic mass is 19.2. The van der Waals surface area contributed by atoms with Crippen LogP contribution in [0.1, 0.15) is 51.0 Å². The monoisotopic (exact) mass is 349 g/mol. The molecule has 0 atom stereocenters. The maximum absolute atomic E-state index is 13.3. The molecule has 0 saturated heterocycles. The molecule has 2 nitrogen and oxygen atoms in total. The molecule has 0 heterocycles. The minimum Gasteiger partial charge on any atom is -0.391 e. The van der Waals surface area contributed by atoms with Crippen molar-refractivity contribution in [1.29, 1.82) is 0 Å². The summed E-state index contributed by atoms with van der Waals surface area (Å²) < 4.78 is 65.5. The fourth-order valence-electron chi connectivity index (χ4n) is 1.98. The second-order valence-corrected chi connectivity index (χ2v) is 5.21. The van der Waals surface area contributed by atoms with Gasteiger partial charge >= 0.3 is 0 Å². The lowest BCUT2D eigenvalue weighted by Gasteiger charge is -2.06. The number of halogens is 5. The fraction of sp³-hybridized carbons (Fsp3) is 0.471. The molecule has 0 aliphatic heterocycles. The molecule has 24 heavy (non-hydrogen) atoms. The van der Waals surface area contributed by atoms with Gasteiger partial charge in [0.15, 0.2) is 23.3 Å². The second-order valence-electron chi connectivity index (χ2n) is 5.21. The summed E-state index contributed by atoms with van der Waals surface area (Å²) in [5.74, 6) is -10.0. The van der Waals surface area contributed by atoms with E-state index in [-0.39, 0.29) is 0 Å². The van der Waals surface area contributed by atoms with Gasteiger partial charge in [0.1, 0.15) is 6.61 Å². The largest absolute Gasteiger partial charge is 0.391 e. The number of unbranched alkanes of at least 4 members (excludes halogenated alkanes) is 5. The zero-order chi connectivity index (χ0) is 17.9. The minimum absolute atomic E-state index is 0.854. The van der Waals surface area contributed by atoms with Crippen LogP contribution in [0, 0.1) is 29.1 Å². The third kappa shape index (κ3) is 5.94. The molecule has 1 aromatic rings. The Morgan fingerprint density at radius 1 is 0.833 bits per heavy atom. The van der Waals surface area contributed by atoms with Gasteiger partial charge in [-0.05, 0) is 18.9 Å². The van der Waals surface area contributed by atoms with Crippen LogP contribution in [0.5, 0.6) is 0 Å². The summed E-state index contributed by atoms with van der Waals surface area (Å²) in [6.45, 7) is 1.29. The third-order valence-electron chi connectivity index (χ3n) is 3.34. The Kier molecular flexibility index (Phi) is 9.04. The fourth-order valence-corrected chi connectivity index (χ4v) is 1.98. The molecule has 1 aromatic carbocycles. The van der Waals surface area contributed by atoms with E-state index in [9.17, 15) is 22.0 Å². The molecular weight excluding hydrogens is 329 g/mol. The molecule has 0 aliphatic rings. The highest BCUT2D eigenvalue weighted by Crippen LogP contribution is 2.23. The van der Waals surface area contributed by atoms with E-state index >= 15 is 0 Å². The Bertz CT molecular complexity index is 558. The van der Waals surface area contributed by atoms with Crippen LogP contribution in [0.3, 0.4) is 0 Å². The van der Waals surface area contributed by atoms with Gasteiger partial charge in [-0.2, -0.15) is 0 Å². The Morgan fingerprint density at radius 2 is 1.42 bits per heavy atom. The van der Waals surface area contributed by atoms with Crippen LogP contribution in [-0.2, 0) is 11.4 Å². The Morgan fingerprint density at radius 3 is 2.04 bits per heavy atom. The second kappa shape index (κ2) is 10.8.